The molecule has 114 valence electrons. The van der Waals surface area contributed by atoms with Gasteiger partial charge in [-0.2, -0.15) is 0 Å². The first kappa shape index (κ1) is 17.0. The Hall–Kier alpha value is -1.02. The van der Waals surface area contributed by atoms with Gasteiger partial charge in [0, 0.05) is 0 Å². The van der Waals surface area contributed by atoms with Crippen molar-refractivity contribution >= 4 is 0 Å². The average molecular weight is 277 g/mol. The lowest BCUT2D eigenvalue weighted by atomic mass is 9.78. The molecule has 1 aromatic rings. The Labute approximate surface area is 124 Å². The highest BCUT2D eigenvalue weighted by atomic mass is 16.5. The van der Waals surface area contributed by atoms with Crippen LogP contribution >= 0.6 is 0 Å². The SMILES string of the molecule is CCC(C)(C)c1ccc(OCCCN)c(C(C)(C)C)c1. The summed E-state index contributed by atoms with van der Waals surface area (Å²) in [5.74, 6) is 1.00. The maximum Gasteiger partial charge on any atom is 0.123 e. The molecule has 1 aromatic carbocycles. The van der Waals surface area contributed by atoms with E-state index in [1.165, 1.54) is 11.1 Å². The molecule has 2 N–H and O–H groups in total. The van der Waals surface area contributed by atoms with Gasteiger partial charge in [0.15, 0.2) is 0 Å². The van der Waals surface area contributed by atoms with Crippen molar-refractivity contribution in [3.8, 4) is 5.75 Å². The summed E-state index contributed by atoms with van der Waals surface area (Å²) in [6.07, 6.45) is 2.02. The van der Waals surface area contributed by atoms with E-state index in [2.05, 4.69) is 59.7 Å². The summed E-state index contributed by atoms with van der Waals surface area (Å²) in [5, 5.41) is 0. The summed E-state index contributed by atoms with van der Waals surface area (Å²) in [5.41, 5.74) is 8.49. The molecule has 1 rings (SSSR count). The van der Waals surface area contributed by atoms with Crippen LogP contribution < -0.4 is 10.5 Å². The Morgan fingerprint density at radius 1 is 1.10 bits per heavy atom. The first-order valence-corrected chi connectivity index (χ1v) is 7.70. The van der Waals surface area contributed by atoms with Crippen molar-refractivity contribution in [3.63, 3.8) is 0 Å². The number of benzene rings is 1. The Kier molecular flexibility index (Phi) is 5.64. The van der Waals surface area contributed by atoms with Gasteiger partial charge < -0.3 is 10.5 Å². The summed E-state index contributed by atoms with van der Waals surface area (Å²) in [6, 6.07) is 6.65. The lowest BCUT2D eigenvalue weighted by Gasteiger charge is -2.28. The molecule has 2 nitrogen and oxygen atoms in total. The molecule has 0 unspecified atom stereocenters. The van der Waals surface area contributed by atoms with Crippen molar-refractivity contribution in [2.24, 2.45) is 5.73 Å². The highest BCUT2D eigenvalue weighted by molar-refractivity contribution is 5.43. The van der Waals surface area contributed by atoms with Crippen molar-refractivity contribution in [2.45, 2.75) is 65.2 Å². The van der Waals surface area contributed by atoms with Crippen molar-refractivity contribution < 1.29 is 4.74 Å². The predicted octanol–water partition coefficient (Wildman–Crippen LogP) is 4.40. The average Bonchev–Trinajstić information content (AvgIpc) is 2.38. The molecule has 0 aliphatic rings. The van der Waals surface area contributed by atoms with Gasteiger partial charge >= 0.3 is 0 Å². The van der Waals surface area contributed by atoms with Crippen LogP contribution in [-0.4, -0.2) is 13.2 Å². The fraction of sp³-hybridized carbons (Fsp3) is 0.667. The molecule has 0 spiro atoms. The molecule has 0 fully saturated rings. The van der Waals surface area contributed by atoms with Crippen LogP contribution in [0.5, 0.6) is 5.75 Å². The highest BCUT2D eigenvalue weighted by Gasteiger charge is 2.24. The third-order valence-electron chi connectivity index (χ3n) is 4.06. The molecule has 0 bridgehead atoms. The lowest BCUT2D eigenvalue weighted by Crippen LogP contribution is -2.19. The number of ether oxygens (including phenoxy) is 1. The van der Waals surface area contributed by atoms with Crippen LogP contribution in [0.25, 0.3) is 0 Å². The third-order valence-corrected chi connectivity index (χ3v) is 4.06. The molecular formula is C18H31NO. The van der Waals surface area contributed by atoms with E-state index < -0.39 is 0 Å². The maximum absolute atomic E-state index is 5.93. The topological polar surface area (TPSA) is 35.2 Å². The normalized spacial score (nSPS) is 12.6. The Bertz CT molecular complexity index is 430. The Morgan fingerprint density at radius 3 is 2.25 bits per heavy atom. The molecule has 0 heterocycles. The largest absolute Gasteiger partial charge is 0.493 e. The maximum atomic E-state index is 5.93. The van der Waals surface area contributed by atoms with Crippen molar-refractivity contribution in [1.82, 2.24) is 0 Å². The van der Waals surface area contributed by atoms with Crippen LogP contribution in [0.4, 0.5) is 0 Å². The van der Waals surface area contributed by atoms with Gasteiger partial charge in [-0.1, -0.05) is 53.7 Å². The monoisotopic (exact) mass is 277 g/mol. The van der Waals surface area contributed by atoms with Gasteiger partial charge in [-0.25, -0.2) is 0 Å². The van der Waals surface area contributed by atoms with Gasteiger partial charge in [0.05, 0.1) is 6.61 Å². The zero-order chi connectivity index (χ0) is 15.4. The molecule has 0 aromatic heterocycles. The molecule has 0 atom stereocenters. The molecule has 0 aliphatic heterocycles. The second-order valence-electron chi connectivity index (χ2n) is 7.19. The third kappa shape index (κ3) is 4.24. The van der Waals surface area contributed by atoms with Crippen LogP contribution in [-0.2, 0) is 10.8 Å². The summed E-state index contributed by atoms with van der Waals surface area (Å²) in [7, 11) is 0. The Morgan fingerprint density at radius 2 is 1.75 bits per heavy atom. The molecule has 2 heteroatoms. The van der Waals surface area contributed by atoms with Crippen LogP contribution in [0, 0.1) is 0 Å². The van der Waals surface area contributed by atoms with Crippen LogP contribution in [0.15, 0.2) is 18.2 Å². The molecule has 0 saturated carbocycles. The number of nitrogens with two attached hydrogens (primary N) is 1. The molecular weight excluding hydrogens is 246 g/mol. The van der Waals surface area contributed by atoms with Gasteiger partial charge in [-0.05, 0) is 47.4 Å². The van der Waals surface area contributed by atoms with E-state index in [-0.39, 0.29) is 10.8 Å². The molecule has 0 amide bonds. The first-order chi connectivity index (χ1) is 9.22. The summed E-state index contributed by atoms with van der Waals surface area (Å²) >= 11 is 0. The zero-order valence-electron chi connectivity index (χ0n) is 14.0. The minimum Gasteiger partial charge on any atom is -0.493 e. The number of hydrogen-bond donors (Lipinski definition) is 1. The van der Waals surface area contributed by atoms with E-state index in [9.17, 15) is 0 Å². The van der Waals surface area contributed by atoms with Crippen LogP contribution in [0.2, 0.25) is 0 Å². The number of hydrogen-bond acceptors (Lipinski definition) is 2. The summed E-state index contributed by atoms with van der Waals surface area (Å²) in [6.45, 7) is 14.9. The van der Waals surface area contributed by atoms with Gasteiger partial charge in [0.2, 0.25) is 0 Å². The van der Waals surface area contributed by atoms with Gasteiger partial charge in [0.1, 0.15) is 5.75 Å². The molecule has 0 aliphatic carbocycles. The highest BCUT2D eigenvalue weighted by Crippen LogP contribution is 2.36. The first-order valence-electron chi connectivity index (χ1n) is 7.70. The van der Waals surface area contributed by atoms with E-state index in [4.69, 9.17) is 10.5 Å². The number of rotatable bonds is 6. The standard InChI is InChI=1S/C18H31NO/c1-7-18(5,6)14-9-10-16(20-12-8-11-19)15(13-14)17(2,3)4/h9-10,13H,7-8,11-12,19H2,1-6H3. The second-order valence-corrected chi connectivity index (χ2v) is 7.19. The zero-order valence-corrected chi connectivity index (χ0v) is 14.0. The van der Waals surface area contributed by atoms with E-state index in [0.29, 0.717) is 13.2 Å². The molecule has 0 radical (unpaired) electrons. The fourth-order valence-corrected chi connectivity index (χ4v) is 2.13. The smallest absolute Gasteiger partial charge is 0.123 e. The predicted molar refractivity (Wildman–Crippen MR) is 87.6 cm³/mol. The molecule has 20 heavy (non-hydrogen) atoms. The van der Waals surface area contributed by atoms with Gasteiger partial charge in [0.25, 0.3) is 0 Å². The second kappa shape index (κ2) is 6.62. The summed E-state index contributed by atoms with van der Waals surface area (Å²) in [4.78, 5) is 0. The van der Waals surface area contributed by atoms with Gasteiger partial charge in [-0.15, -0.1) is 0 Å². The lowest BCUT2D eigenvalue weighted by molar-refractivity contribution is 0.304. The molecule has 0 saturated heterocycles. The summed E-state index contributed by atoms with van der Waals surface area (Å²) < 4.78 is 5.93. The van der Waals surface area contributed by atoms with Crippen molar-refractivity contribution in [3.05, 3.63) is 29.3 Å². The van der Waals surface area contributed by atoms with Gasteiger partial charge in [-0.3, -0.25) is 0 Å². The van der Waals surface area contributed by atoms with E-state index in [1.807, 2.05) is 0 Å². The Balaban J connectivity index is 3.14. The van der Waals surface area contributed by atoms with E-state index in [0.717, 1.165) is 18.6 Å². The van der Waals surface area contributed by atoms with Crippen molar-refractivity contribution in [2.75, 3.05) is 13.2 Å². The minimum absolute atomic E-state index is 0.0812. The van der Waals surface area contributed by atoms with Crippen molar-refractivity contribution in [1.29, 1.82) is 0 Å². The quantitative estimate of drug-likeness (QED) is 0.782. The van der Waals surface area contributed by atoms with E-state index >= 15 is 0 Å². The fourth-order valence-electron chi connectivity index (χ4n) is 2.13. The minimum atomic E-state index is 0.0812. The van der Waals surface area contributed by atoms with Crippen LogP contribution in [0.3, 0.4) is 0 Å². The van der Waals surface area contributed by atoms with Crippen LogP contribution in [0.1, 0.15) is 65.5 Å². The van der Waals surface area contributed by atoms with E-state index in [1.54, 1.807) is 0 Å².